The van der Waals surface area contributed by atoms with E-state index in [1.165, 1.54) is 0 Å². The van der Waals surface area contributed by atoms with Crippen LogP contribution in [0.3, 0.4) is 0 Å². The van der Waals surface area contributed by atoms with Crippen molar-refractivity contribution in [3.63, 3.8) is 0 Å². The van der Waals surface area contributed by atoms with Gasteiger partial charge in [-0.3, -0.25) is 5.10 Å². The molecular formula is C19H21N7O. The van der Waals surface area contributed by atoms with E-state index in [2.05, 4.69) is 25.4 Å². The van der Waals surface area contributed by atoms with E-state index in [-0.39, 0.29) is 0 Å². The quantitative estimate of drug-likeness (QED) is 0.511. The summed E-state index contributed by atoms with van der Waals surface area (Å²) in [6, 6.07) is 7.87. The Balaban J connectivity index is 1.48. The number of hydrogen-bond acceptors (Lipinski definition) is 7. The normalized spacial score (nSPS) is 15.7. The number of benzene rings is 1. The Morgan fingerprint density at radius 2 is 2.11 bits per heavy atom. The maximum atomic E-state index is 5.82. The first-order chi connectivity index (χ1) is 13.3. The molecule has 0 aliphatic carbocycles. The number of nitrogens with one attached hydrogen (secondary N) is 2. The molecule has 3 aromatic heterocycles. The Hall–Kier alpha value is -3.13. The van der Waals surface area contributed by atoms with Crippen molar-refractivity contribution < 1.29 is 4.42 Å². The molecule has 1 saturated heterocycles. The molecule has 0 atom stereocenters. The highest BCUT2D eigenvalue weighted by Gasteiger charge is 2.23. The van der Waals surface area contributed by atoms with Gasteiger partial charge in [0, 0.05) is 30.2 Å². The van der Waals surface area contributed by atoms with Crippen LogP contribution >= 0.6 is 0 Å². The van der Waals surface area contributed by atoms with Crippen molar-refractivity contribution in [2.45, 2.75) is 12.8 Å². The van der Waals surface area contributed by atoms with Gasteiger partial charge in [0.2, 0.25) is 5.95 Å². The maximum absolute atomic E-state index is 5.82. The Kier molecular flexibility index (Phi) is 3.90. The van der Waals surface area contributed by atoms with Crippen molar-refractivity contribution >= 4 is 39.5 Å². The summed E-state index contributed by atoms with van der Waals surface area (Å²) in [6.45, 7) is 2.60. The van der Waals surface area contributed by atoms with Crippen LogP contribution in [0.4, 0.5) is 17.5 Å². The molecule has 1 aliphatic rings. The van der Waals surface area contributed by atoms with Gasteiger partial charge >= 0.3 is 0 Å². The van der Waals surface area contributed by atoms with Crippen molar-refractivity contribution in [3.8, 4) is 0 Å². The molecule has 0 unspecified atom stereocenters. The predicted octanol–water partition coefficient (Wildman–Crippen LogP) is 3.02. The molecule has 27 heavy (non-hydrogen) atoms. The fourth-order valence-electron chi connectivity index (χ4n) is 3.64. The monoisotopic (exact) mass is 363 g/mol. The zero-order valence-electron chi connectivity index (χ0n) is 14.9. The van der Waals surface area contributed by atoms with Gasteiger partial charge in [-0.2, -0.15) is 10.1 Å². The average molecular weight is 363 g/mol. The number of aromatic nitrogens is 4. The van der Waals surface area contributed by atoms with E-state index in [4.69, 9.17) is 15.1 Å². The SMILES string of the molecule is NCC1CCN(c2nc(Nc3ccc4cn[nH]c4c3)nc3ccoc23)CC1. The number of piperidine rings is 1. The van der Waals surface area contributed by atoms with Crippen LogP contribution in [0.1, 0.15) is 12.8 Å². The first-order valence-corrected chi connectivity index (χ1v) is 9.20. The van der Waals surface area contributed by atoms with Gasteiger partial charge < -0.3 is 20.4 Å². The standard InChI is InChI=1S/C19H21N7O/c20-10-12-3-6-26(7-4-12)18-17-15(5-8-27-17)23-19(24-18)22-14-2-1-13-11-21-25-16(13)9-14/h1-2,5,8-9,11-12H,3-4,6-7,10,20H2,(H,21,25)(H,22,23,24). The molecule has 1 fully saturated rings. The fourth-order valence-corrected chi connectivity index (χ4v) is 3.64. The van der Waals surface area contributed by atoms with Crippen LogP contribution in [-0.4, -0.2) is 39.8 Å². The summed E-state index contributed by atoms with van der Waals surface area (Å²) < 4.78 is 5.68. The summed E-state index contributed by atoms with van der Waals surface area (Å²) >= 11 is 0. The minimum atomic E-state index is 0.554. The summed E-state index contributed by atoms with van der Waals surface area (Å²) in [5, 5.41) is 11.4. The Bertz CT molecular complexity index is 1080. The Morgan fingerprint density at radius 3 is 2.96 bits per heavy atom. The van der Waals surface area contributed by atoms with Gasteiger partial charge in [-0.15, -0.1) is 0 Å². The average Bonchev–Trinajstić information content (AvgIpc) is 3.36. The van der Waals surface area contributed by atoms with Crippen molar-refractivity contribution in [3.05, 3.63) is 36.7 Å². The highest BCUT2D eigenvalue weighted by Crippen LogP contribution is 2.30. The molecule has 0 radical (unpaired) electrons. The predicted molar refractivity (Wildman–Crippen MR) is 105 cm³/mol. The van der Waals surface area contributed by atoms with E-state index in [9.17, 15) is 0 Å². The first kappa shape index (κ1) is 16.1. The van der Waals surface area contributed by atoms with E-state index in [1.54, 1.807) is 12.5 Å². The number of furan rings is 1. The lowest BCUT2D eigenvalue weighted by Crippen LogP contribution is -2.36. The van der Waals surface area contributed by atoms with Gasteiger partial charge in [0.15, 0.2) is 11.4 Å². The molecule has 4 heterocycles. The molecule has 138 valence electrons. The van der Waals surface area contributed by atoms with Gasteiger partial charge in [0.25, 0.3) is 0 Å². The highest BCUT2D eigenvalue weighted by molar-refractivity contribution is 5.86. The van der Waals surface area contributed by atoms with Crippen molar-refractivity contribution in [1.29, 1.82) is 0 Å². The molecule has 1 aliphatic heterocycles. The lowest BCUT2D eigenvalue weighted by atomic mass is 9.97. The number of nitrogens with zero attached hydrogens (tertiary/aromatic N) is 4. The summed E-state index contributed by atoms with van der Waals surface area (Å²) in [5.74, 6) is 1.98. The second-order valence-corrected chi connectivity index (χ2v) is 6.97. The number of hydrogen-bond donors (Lipinski definition) is 3. The van der Waals surface area contributed by atoms with Crippen LogP contribution in [0, 0.1) is 5.92 Å². The zero-order chi connectivity index (χ0) is 18.2. The van der Waals surface area contributed by atoms with Crippen molar-refractivity contribution in [2.24, 2.45) is 11.7 Å². The number of rotatable bonds is 4. The summed E-state index contributed by atoms with van der Waals surface area (Å²) in [5.41, 5.74) is 9.22. The third-order valence-corrected chi connectivity index (χ3v) is 5.23. The van der Waals surface area contributed by atoms with Gasteiger partial charge in [0.1, 0.15) is 5.52 Å². The van der Waals surface area contributed by atoms with Crippen LogP contribution < -0.4 is 16.0 Å². The summed E-state index contributed by atoms with van der Waals surface area (Å²) in [7, 11) is 0. The van der Waals surface area contributed by atoms with E-state index < -0.39 is 0 Å². The topological polar surface area (TPSA) is 109 Å². The van der Waals surface area contributed by atoms with Crippen LogP contribution in [0.2, 0.25) is 0 Å². The molecule has 0 spiro atoms. The largest absolute Gasteiger partial charge is 0.459 e. The third-order valence-electron chi connectivity index (χ3n) is 5.23. The molecular weight excluding hydrogens is 342 g/mol. The van der Waals surface area contributed by atoms with E-state index in [0.29, 0.717) is 11.9 Å². The van der Waals surface area contributed by atoms with E-state index in [1.807, 2.05) is 24.3 Å². The van der Waals surface area contributed by atoms with Crippen LogP contribution in [0.15, 0.2) is 41.1 Å². The number of fused-ring (bicyclic) bond motifs is 2. The minimum absolute atomic E-state index is 0.554. The van der Waals surface area contributed by atoms with Crippen LogP contribution in [0.5, 0.6) is 0 Å². The molecule has 4 N–H and O–H groups in total. The van der Waals surface area contributed by atoms with Crippen molar-refractivity contribution in [1.82, 2.24) is 20.2 Å². The summed E-state index contributed by atoms with van der Waals surface area (Å²) in [4.78, 5) is 11.6. The van der Waals surface area contributed by atoms with E-state index in [0.717, 1.165) is 66.0 Å². The minimum Gasteiger partial charge on any atom is -0.459 e. The maximum Gasteiger partial charge on any atom is 0.229 e. The second kappa shape index (κ2) is 6.55. The molecule has 0 saturated carbocycles. The Morgan fingerprint density at radius 1 is 1.22 bits per heavy atom. The molecule has 0 bridgehead atoms. The number of anilines is 3. The molecule has 4 aromatic rings. The third kappa shape index (κ3) is 2.97. The zero-order valence-corrected chi connectivity index (χ0v) is 14.9. The smallest absolute Gasteiger partial charge is 0.229 e. The van der Waals surface area contributed by atoms with Gasteiger partial charge in [-0.1, -0.05) is 0 Å². The van der Waals surface area contributed by atoms with Gasteiger partial charge in [-0.25, -0.2) is 4.98 Å². The Labute approximate surface area is 155 Å². The number of H-pyrrole nitrogens is 1. The molecule has 1 aromatic carbocycles. The van der Waals surface area contributed by atoms with Crippen LogP contribution in [0.25, 0.3) is 22.0 Å². The molecule has 5 rings (SSSR count). The highest BCUT2D eigenvalue weighted by atomic mass is 16.3. The fraction of sp³-hybridized carbons (Fsp3) is 0.316. The molecule has 8 nitrogen and oxygen atoms in total. The van der Waals surface area contributed by atoms with Gasteiger partial charge in [-0.05, 0) is 43.5 Å². The second-order valence-electron chi connectivity index (χ2n) is 6.97. The number of aromatic amines is 1. The van der Waals surface area contributed by atoms with E-state index >= 15 is 0 Å². The van der Waals surface area contributed by atoms with Gasteiger partial charge in [0.05, 0.1) is 18.0 Å². The number of nitrogens with two attached hydrogens (primary N) is 1. The summed E-state index contributed by atoms with van der Waals surface area (Å²) in [6.07, 6.45) is 5.61. The lowest BCUT2D eigenvalue weighted by molar-refractivity contribution is 0.412. The lowest BCUT2D eigenvalue weighted by Gasteiger charge is -2.32. The molecule has 0 amide bonds. The van der Waals surface area contributed by atoms with Crippen molar-refractivity contribution in [2.75, 3.05) is 29.9 Å². The van der Waals surface area contributed by atoms with Crippen LogP contribution in [-0.2, 0) is 0 Å². The molecule has 8 heteroatoms. The first-order valence-electron chi connectivity index (χ1n) is 9.20.